The Hall–Kier alpha value is -7.82. The Morgan fingerprint density at radius 3 is 1.49 bits per heavy atom. The van der Waals surface area contributed by atoms with Gasteiger partial charge < -0.3 is 18.6 Å². The largest absolute Gasteiger partial charge is 0.449 e. The average molecular weight is 753 g/mol. The minimum atomic E-state index is -0.564. The standard InChI is InChI=1S/C55H32N2O2/c1-6-18-42-35(13-1)36-14-2-7-19-43(36)55(42)44-28-30-52-54(59-51-24-12-11-23-50(51)58-52)53(44)40-27-25-34(32-45(40)55)57-48-22-10-5-17-39(48)41-31-33(26-29-49(41)57)56-46-20-8-3-15-37(46)38-16-4-9-21-47(38)56/h1-32H. The lowest BCUT2D eigenvalue weighted by Gasteiger charge is -2.31. The average Bonchev–Trinajstić information content (AvgIpc) is 4.00. The van der Waals surface area contributed by atoms with Crippen molar-refractivity contribution in [2.75, 3.05) is 0 Å². The molecule has 0 atom stereocenters. The van der Waals surface area contributed by atoms with E-state index in [9.17, 15) is 0 Å². The molecule has 14 rings (SSSR count). The van der Waals surface area contributed by atoms with Crippen LogP contribution in [0.25, 0.3) is 77.2 Å². The summed E-state index contributed by atoms with van der Waals surface area (Å²) in [5.74, 6) is 2.96. The first-order chi connectivity index (χ1) is 29.3. The number of hydrogen-bond donors (Lipinski definition) is 0. The van der Waals surface area contributed by atoms with E-state index in [1.54, 1.807) is 0 Å². The first-order valence-electron chi connectivity index (χ1n) is 20.3. The summed E-state index contributed by atoms with van der Waals surface area (Å²) in [6, 6.07) is 70.5. The van der Waals surface area contributed by atoms with Gasteiger partial charge in [-0.25, -0.2) is 0 Å². The summed E-state index contributed by atoms with van der Waals surface area (Å²) in [4.78, 5) is 0. The van der Waals surface area contributed by atoms with Gasteiger partial charge >= 0.3 is 0 Å². The van der Waals surface area contributed by atoms with Gasteiger partial charge in [-0.15, -0.1) is 0 Å². The van der Waals surface area contributed by atoms with Crippen molar-refractivity contribution in [3.63, 3.8) is 0 Å². The second kappa shape index (κ2) is 11.2. The van der Waals surface area contributed by atoms with E-state index in [1.807, 2.05) is 24.3 Å². The van der Waals surface area contributed by atoms with Crippen LogP contribution in [0.5, 0.6) is 23.0 Å². The van der Waals surface area contributed by atoms with E-state index in [4.69, 9.17) is 9.47 Å². The molecule has 4 heteroatoms. The number of para-hydroxylation sites is 5. The lowest BCUT2D eigenvalue weighted by molar-refractivity contribution is 0.360. The SMILES string of the molecule is c1ccc2c(c1)Oc1ccc3c(c1O2)-c1ccc(-n2c4ccccc4c4cc(-n5c6ccccc6c6ccccc65)ccc42)cc1C31c2ccccc2-c2ccccc21. The van der Waals surface area contributed by atoms with Gasteiger partial charge in [-0.3, -0.25) is 0 Å². The molecule has 9 aromatic carbocycles. The molecule has 11 aromatic rings. The van der Waals surface area contributed by atoms with Crippen LogP contribution < -0.4 is 9.47 Å². The monoisotopic (exact) mass is 752 g/mol. The zero-order valence-corrected chi connectivity index (χ0v) is 31.7. The zero-order valence-electron chi connectivity index (χ0n) is 31.7. The van der Waals surface area contributed by atoms with E-state index in [2.05, 4.69) is 179 Å². The second-order valence-corrected chi connectivity index (χ2v) is 16.0. The van der Waals surface area contributed by atoms with Crippen LogP contribution in [0.15, 0.2) is 194 Å². The number of aromatic nitrogens is 2. The fourth-order valence-electron chi connectivity index (χ4n) is 10.9. The maximum absolute atomic E-state index is 6.84. The predicted molar refractivity (Wildman–Crippen MR) is 238 cm³/mol. The maximum Gasteiger partial charge on any atom is 0.178 e. The van der Waals surface area contributed by atoms with Crippen LogP contribution in [-0.2, 0) is 5.41 Å². The Morgan fingerprint density at radius 2 is 0.831 bits per heavy atom. The van der Waals surface area contributed by atoms with Crippen LogP contribution in [0.1, 0.15) is 22.3 Å². The normalized spacial score (nSPS) is 13.8. The molecule has 0 fully saturated rings. The predicted octanol–water partition coefficient (Wildman–Crippen LogP) is 14.1. The first-order valence-corrected chi connectivity index (χ1v) is 20.3. The molecule has 0 radical (unpaired) electrons. The van der Waals surface area contributed by atoms with Crippen molar-refractivity contribution in [2.24, 2.45) is 0 Å². The van der Waals surface area contributed by atoms with Crippen LogP contribution in [-0.4, -0.2) is 9.13 Å². The molecular weight excluding hydrogens is 721 g/mol. The lowest BCUT2D eigenvalue weighted by atomic mass is 9.70. The summed E-state index contributed by atoms with van der Waals surface area (Å²) in [6.45, 7) is 0. The van der Waals surface area contributed by atoms with E-state index in [0.717, 1.165) is 51.0 Å². The molecule has 4 nitrogen and oxygen atoms in total. The molecule has 274 valence electrons. The smallest absolute Gasteiger partial charge is 0.178 e. The van der Waals surface area contributed by atoms with Gasteiger partial charge in [-0.05, 0) is 106 Å². The third-order valence-electron chi connectivity index (χ3n) is 13.2. The molecule has 0 amide bonds. The van der Waals surface area contributed by atoms with Crippen molar-refractivity contribution in [3.05, 3.63) is 216 Å². The molecule has 0 saturated carbocycles. The lowest BCUT2D eigenvalue weighted by Crippen LogP contribution is -2.26. The Bertz CT molecular complexity index is 3540. The van der Waals surface area contributed by atoms with Gasteiger partial charge in [-0.2, -0.15) is 0 Å². The highest BCUT2D eigenvalue weighted by Crippen LogP contribution is 2.66. The van der Waals surface area contributed by atoms with Crippen LogP contribution in [0, 0.1) is 0 Å². The van der Waals surface area contributed by atoms with Crippen LogP contribution >= 0.6 is 0 Å². The minimum Gasteiger partial charge on any atom is -0.449 e. The fraction of sp³-hybridized carbons (Fsp3) is 0.0182. The molecule has 2 aliphatic carbocycles. The highest BCUT2D eigenvalue weighted by Gasteiger charge is 2.53. The highest BCUT2D eigenvalue weighted by atomic mass is 16.6. The van der Waals surface area contributed by atoms with E-state index in [1.165, 1.54) is 71.5 Å². The van der Waals surface area contributed by atoms with E-state index >= 15 is 0 Å². The summed E-state index contributed by atoms with van der Waals surface area (Å²) in [5.41, 5.74) is 16.2. The topological polar surface area (TPSA) is 28.3 Å². The summed E-state index contributed by atoms with van der Waals surface area (Å²) in [7, 11) is 0. The highest BCUT2D eigenvalue weighted by molar-refractivity contribution is 6.12. The molecule has 0 saturated heterocycles. The molecule has 2 aromatic heterocycles. The quantitative estimate of drug-likeness (QED) is 0.176. The zero-order chi connectivity index (χ0) is 38.4. The van der Waals surface area contributed by atoms with Crippen molar-refractivity contribution in [1.29, 1.82) is 0 Å². The second-order valence-electron chi connectivity index (χ2n) is 16.0. The number of benzene rings is 9. The molecule has 0 N–H and O–H groups in total. The minimum absolute atomic E-state index is 0.564. The van der Waals surface area contributed by atoms with Crippen LogP contribution in [0.4, 0.5) is 0 Å². The Labute approximate surface area is 339 Å². The molecule has 3 heterocycles. The summed E-state index contributed by atoms with van der Waals surface area (Å²) in [5, 5.41) is 4.96. The third kappa shape index (κ3) is 3.88. The summed E-state index contributed by atoms with van der Waals surface area (Å²) >= 11 is 0. The molecule has 1 spiro atoms. The molecule has 0 bridgehead atoms. The Kier molecular flexibility index (Phi) is 5.93. The van der Waals surface area contributed by atoms with Crippen molar-refractivity contribution < 1.29 is 9.47 Å². The summed E-state index contributed by atoms with van der Waals surface area (Å²) < 4.78 is 18.2. The third-order valence-corrected chi connectivity index (χ3v) is 13.2. The summed E-state index contributed by atoms with van der Waals surface area (Å²) in [6.07, 6.45) is 0. The van der Waals surface area contributed by atoms with Crippen molar-refractivity contribution >= 4 is 43.6 Å². The van der Waals surface area contributed by atoms with E-state index in [0.29, 0.717) is 0 Å². The molecular formula is C55H32N2O2. The van der Waals surface area contributed by atoms with E-state index in [-0.39, 0.29) is 0 Å². The number of nitrogens with zero attached hydrogens (tertiary/aromatic N) is 2. The van der Waals surface area contributed by atoms with Crippen molar-refractivity contribution in [2.45, 2.75) is 5.41 Å². The van der Waals surface area contributed by atoms with Gasteiger partial charge in [0.1, 0.15) is 0 Å². The van der Waals surface area contributed by atoms with Gasteiger partial charge in [0.15, 0.2) is 23.0 Å². The van der Waals surface area contributed by atoms with Crippen LogP contribution in [0.2, 0.25) is 0 Å². The first kappa shape index (κ1) is 31.3. The Morgan fingerprint density at radius 1 is 0.322 bits per heavy atom. The Balaban J connectivity index is 1.04. The number of fused-ring (bicyclic) bond motifs is 19. The van der Waals surface area contributed by atoms with Gasteiger partial charge in [0.25, 0.3) is 0 Å². The number of ether oxygens (including phenoxy) is 2. The van der Waals surface area contributed by atoms with Gasteiger partial charge in [0.2, 0.25) is 0 Å². The number of rotatable bonds is 2. The molecule has 1 aliphatic heterocycles. The van der Waals surface area contributed by atoms with Gasteiger partial charge in [0.05, 0.1) is 27.5 Å². The number of hydrogen-bond acceptors (Lipinski definition) is 2. The van der Waals surface area contributed by atoms with Gasteiger partial charge in [0, 0.05) is 38.5 Å². The van der Waals surface area contributed by atoms with Crippen LogP contribution in [0.3, 0.4) is 0 Å². The maximum atomic E-state index is 6.84. The van der Waals surface area contributed by atoms with Crippen molar-refractivity contribution in [1.82, 2.24) is 9.13 Å². The molecule has 0 unspecified atom stereocenters. The molecule has 59 heavy (non-hydrogen) atoms. The van der Waals surface area contributed by atoms with E-state index < -0.39 is 5.41 Å². The fourth-order valence-corrected chi connectivity index (χ4v) is 10.9. The molecule has 3 aliphatic rings. The van der Waals surface area contributed by atoms with Gasteiger partial charge in [-0.1, -0.05) is 127 Å². The van der Waals surface area contributed by atoms with Crippen molar-refractivity contribution in [3.8, 4) is 56.6 Å².